The van der Waals surface area contributed by atoms with Crippen LogP contribution in [0.1, 0.15) is 17.2 Å². The number of likely N-dealkylation sites (N-methyl/N-ethyl adjacent to an activating group) is 1. The molecular formula is C24H25FN2O4. The van der Waals surface area contributed by atoms with Crippen molar-refractivity contribution in [2.75, 3.05) is 33.8 Å². The zero-order valence-corrected chi connectivity index (χ0v) is 17.5. The van der Waals surface area contributed by atoms with Crippen LogP contribution in [0.4, 0.5) is 4.39 Å². The standard InChI is InChI=1S/C24H25FN2O4/c1-4-14-31-19-7-5-6-17(15-19)21-20(22(28)16-8-10-18(25)11-9-16)23(29)24(30)27(21)13-12-26(2)3/h4-11,15,21,28H,1,12-14H2,2-3H3/b22-20+/t21-/m0/s1. The van der Waals surface area contributed by atoms with Gasteiger partial charge in [0.2, 0.25) is 0 Å². The van der Waals surface area contributed by atoms with Crippen LogP contribution in [0.25, 0.3) is 5.76 Å². The normalized spacial score (nSPS) is 17.9. The lowest BCUT2D eigenvalue weighted by Crippen LogP contribution is -2.35. The number of aliphatic hydroxyl groups excluding tert-OH is 1. The zero-order chi connectivity index (χ0) is 22.5. The summed E-state index contributed by atoms with van der Waals surface area (Å²) in [6.45, 7) is 4.76. The maximum atomic E-state index is 13.3. The van der Waals surface area contributed by atoms with E-state index in [9.17, 15) is 19.1 Å². The summed E-state index contributed by atoms with van der Waals surface area (Å²) >= 11 is 0. The van der Waals surface area contributed by atoms with Gasteiger partial charge in [0.1, 0.15) is 23.9 Å². The van der Waals surface area contributed by atoms with E-state index in [-0.39, 0.29) is 16.9 Å². The van der Waals surface area contributed by atoms with Crippen molar-refractivity contribution < 1.29 is 23.8 Å². The Bertz CT molecular complexity index is 1010. The maximum Gasteiger partial charge on any atom is 0.295 e. The van der Waals surface area contributed by atoms with Gasteiger partial charge in [0.25, 0.3) is 11.7 Å². The van der Waals surface area contributed by atoms with Crippen molar-refractivity contribution >= 4 is 17.4 Å². The smallest absolute Gasteiger partial charge is 0.295 e. The van der Waals surface area contributed by atoms with E-state index in [1.807, 2.05) is 19.0 Å². The highest BCUT2D eigenvalue weighted by Gasteiger charge is 2.46. The molecule has 0 aliphatic carbocycles. The first kappa shape index (κ1) is 22.2. The van der Waals surface area contributed by atoms with Gasteiger partial charge in [0.05, 0.1) is 11.6 Å². The first-order chi connectivity index (χ1) is 14.8. The highest BCUT2D eigenvalue weighted by Crippen LogP contribution is 2.40. The summed E-state index contributed by atoms with van der Waals surface area (Å²) < 4.78 is 18.9. The Morgan fingerprint density at radius 3 is 2.58 bits per heavy atom. The largest absolute Gasteiger partial charge is 0.507 e. The Morgan fingerprint density at radius 2 is 1.94 bits per heavy atom. The van der Waals surface area contributed by atoms with Crippen molar-refractivity contribution in [2.24, 2.45) is 0 Å². The highest BCUT2D eigenvalue weighted by atomic mass is 19.1. The van der Waals surface area contributed by atoms with Crippen LogP contribution >= 0.6 is 0 Å². The SMILES string of the molecule is C=CCOc1cccc([C@H]2/C(=C(\O)c3ccc(F)cc3)C(=O)C(=O)N2CCN(C)C)c1. The predicted octanol–water partition coefficient (Wildman–Crippen LogP) is 3.37. The van der Waals surface area contributed by atoms with Gasteiger partial charge in [-0.2, -0.15) is 0 Å². The van der Waals surface area contributed by atoms with Crippen LogP contribution in [0, 0.1) is 5.82 Å². The van der Waals surface area contributed by atoms with Crippen molar-refractivity contribution in [2.45, 2.75) is 6.04 Å². The molecule has 2 aromatic carbocycles. The number of ether oxygens (including phenoxy) is 1. The Labute approximate surface area is 180 Å². The van der Waals surface area contributed by atoms with Crippen molar-refractivity contribution in [3.63, 3.8) is 0 Å². The summed E-state index contributed by atoms with van der Waals surface area (Å²) in [4.78, 5) is 29.2. The van der Waals surface area contributed by atoms with Crippen LogP contribution in [0.5, 0.6) is 5.75 Å². The molecule has 0 saturated carbocycles. The van der Waals surface area contributed by atoms with E-state index in [0.29, 0.717) is 31.0 Å². The van der Waals surface area contributed by atoms with Crippen LogP contribution in [-0.2, 0) is 9.59 Å². The van der Waals surface area contributed by atoms with Gasteiger partial charge in [0, 0.05) is 18.7 Å². The van der Waals surface area contributed by atoms with Crippen LogP contribution in [0.2, 0.25) is 0 Å². The minimum atomic E-state index is -0.794. The number of likely N-dealkylation sites (tertiary alicyclic amines) is 1. The molecule has 1 amide bonds. The van der Waals surface area contributed by atoms with Crippen molar-refractivity contribution in [3.05, 3.63) is 83.7 Å². The number of ketones is 1. The number of carbonyl (C=O) groups is 2. The average molecular weight is 424 g/mol. The highest BCUT2D eigenvalue weighted by molar-refractivity contribution is 6.46. The summed E-state index contributed by atoms with van der Waals surface area (Å²) in [5.41, 5.74) is 0.857. The molecule has 31 heavy (non-hydrogen) atoms. The molecule has 1 fully saturated rings. The van der Waals surface area contributed by atoms with E-state index < -0.39 is 23.5 Å². The number of halogens is 1. The number of rotatable bonds is 8. The number of benzene rings is 2. The topological polar surface area (TPSA) is 70.1 Å². The monoisotopic (exact) mass is 424 g/mol. The minimum Gasteiger partial charge on any atom is -0.507 e. The van der Waals surface area contributed by atoms with Gasteiger partial charge >= 0.3 is 0 Å². The first-order valence-electron chi connectivity index (χ1n) is 9.86. The van der Waals surface area contributed by atoms with Crippen LogP contribution in [0.15, 0.2) is 66.8 Å². The second-order valence-electron chi connectivity index (χ2n) is 7.47. The first-order valence-corrected chi connectivity index (χ1v) is 9.86. The fourth-order valence-corrected chi connectivity index (χ4v) is 3.46. The van der Waals surface area contributed by atoms with Gasteiger partial charge in [-0.05, 0) is 56.1 Å². The molecule has 0 bridgehead atoms. The molecule has 1 saturated heterocycles. The van der Waals surface area contributed by atoms with E-state index in [1.165, 1.54) is 29.2 Å². The van der Waals surface area contributed by atoms with Crippen LogP contribution in [-0.4, -0.2) is 60.4 Å². The predicted molar refractivity (Wildman–Crippen MR) is 116 cm³/mol. The molecule has 0 radical (unpaired) electrons. The summed E-state index contributed by atoms with van der Waals surface area (Å²) in [6, 6.07) is 11.4. The lowest BCUT2D eigenvalue weighted by atomic mass is 9.95. The Balaban J connectivity index is 2.12. The van der Waals surface area contributed by atoms with E-state index >= 15 is 0 Å². The van der Waals surface area contributed by atoms with E-state index in [1.54, 1.807) is 30.3 Å². The van der Waals surface area contributed by atoms with E-state index in [2.05, 4.69) is 6.58 Å². The maximum absolute atomic E-state index is 13.3. The third-order valence-electron chi connectivity index (χ3n) is 4.99. The summed E-state index contributed by atoms with van der Waals surface area (Å²) in [6.07, 6.45) is 1.62. The van der Waals surface area contributed by atoms with Gasteiger partial charge in [-0.1, -0.05) is 24.8 Å². The Kier molecular flexibility index (Phi) is 6.87. The molecular weight excluding hydrogens is 399 g/mol. The van der Waals surface area contributed by atoms with Crippen LogP contribution < -0.4 is 4.74 Å². The van der Waals surface area contributed by atoms with E-state index in [0.717, 1.165) is 0 Å². The zero-order valence-electron chi connectivity index (χ0n) is 17.5. The lowest BCUT2D eigenvalue weighted by Gasteiger charge is -2.26. The number of aliphatic hydroxyl groups is 1. The number of hydrogen-bond donors (Lipinski definition) is 1. The third-order valence-corrected chi connectivity index (χ3v) is 4.99. The van der Waals surface area contributed by atoms with Crippen molar-refractivity contribution in [1.29, 1.82) is 0 Å². The quantitative estimate of drug-likeness (QED) is 0.305. The fourth-order valence-electron chi connectivity index (χ4n) is 3.46. The number of hydrogen-bond acceptors (Lipinski definition) is 5. The summed E-state index contributed by atoms with van der Waals surface area (Å²) in [5.74, 6) is -1.71. The number of Topliss-reactive ketones (excluding diaryl/α,β-unsaturated/α-hetero) is 1. The lowest BCUT2D eigenvalue weighted by molar-refractivity contribution is -0.140. The molecule has 1 N–H and O–H groups in total. The van der Waals surface area contributed by atoms with Gasteiger partial charge in [-0.25, -0.2) is 4.39 Å². The average Bonchev–Trinajstić information content (AvgIpc) is 3.01. The molecule has 0 aromatic heterocycles. The van der Waals surface area contributed by atoms with Gasteiger partial charge in [0.15, 0.2) is 0 Å². The summed E-state index contributed by atoms with van der Waals surface area (Å²) in [7, 11) is 3.74. The summed E-state index contributed by atoms with van der Waals surface area (Å²) in [5, 5.41) is 10.9. The molecule has 6 nitrogen and oxygen atoms in total. The van der Waals surface area contributed by atoms with Crippen molar-refractivity contribution in [1.82, 2.24) is 9.80 Å². The number of amides is 1. The third kappa shape index (κ3) is 4.83. The molecule has 3 rings (SSSR count). The molecule has 7 heteroatoms. The Hall–Kier alpha value is -3.45. The molecule has 1 atom stereocenters. The number of carbonyl (C=O) groups excluding carboxylic acids is 2. The van der Waals surface area contributed by atoms with Crippen molar-refractivity contribution in [3.8, 4) is 5.75 Å². The van der Waals surface area contributed by atoms with Gasteiger partial charge in [-0.15, -0.1) is 0 Å². The molecule has 1 heterocycles. The second-order valence-corrected chi connectivity index (χ2v) is 7.47. The van der Waals surface area contributed by atoms with E-state index in [4.69, 9.17) is 4.74 Å². The molecule has 162 valence electrons. The molecule has 0 unspecified atom stereocenters. The molecule has 2 aromatic rings. The fraction of sp³-hybridized carbons (Fsp3) is 0.250. The molecule has 1 aliphatic rings. The second kappa shape index (κ2) is 9.57. The van der Waals surface area contributed by atoms with Crippen LogP contribution in [0.3, 0.4) is 0 Å². The number of nitrogens with zero attached hydrogens (tertiary/aromatic N) is 2. The van der Waals surface area contributed by atoms with Gasteiger partial charge < -0.3 is 19.6 Å². The van der Waals surface area contributed by atoms with Gasteiger partial charge in [-0.3, -0.25) is 9.59 Å². The Morgan fingerprint density at radius 1 is 1.23 bits per heavy atom. The minimum absolute atomic E-state index is 0.0313. The molecule has 0 spiro atoms. The molecule has 1 aliphatic heterocycles.